The van der Waals surface area contributed by atoms with E-state index in [2.05, 4.69) is 15.2 Å². The number of amides is 2. The van der Waals surface area contributed by atoms with Gasteiger partial charge >= 0.3 is 0 Å². The molecule has 0 unspecified atom stereocenters. The highest BCUT2D eigenvalue weighted by molar-refractivity contribution is 5.97. The molecule has 196 valence electrons. The van der Waals surface area contributed by atoms with E-state index in [0.29, 0.717) is 41.6 Å². The molecule has 0 aliphatic carbocycles. The summed E-state index contributed by atoms with van der Waals surface area (Å²) in [5.74, 6) is 0.976. The zero-order valence-electron chi connectivity index (χ0n) is 22.0. The molecule has 7 heteroatoms. The maximum atomic E-state index is 13.2. The largest absolute Gasteiger partial charge is 0.436 e. The van der Waals surface area contributed by atoms with Crippen LogP contribution in [0.25, 0.3) is 22.6 Å². The standard InChI is InChI=1S/C30H38N4O3/c1-21-6-8-24(9-7-21)29-32-26-20-25(10-11-27(26)37-29)30(36)34-17-12-23(13-18-34)22(2)28(35)31-14-19-33-15-4-3-5-16-33/h6-11,20,22-23H,3-5,12-19H2,1-2H3,(H,31,35)/t22-/m0/s1. The lowest BCUT2D eigenvalue weighted by atomic mass is 9.84. The van der Waals surface area contributed by atoms with Crippen LogP contribution in [0.2, 0.25) is 0 Å². The number of carbonyl (C=O) groups is 2. The van der Waals surface area contributed by atoms with E-state index in [1.807, 2.05) is 61.2 Å². The minimum Gasteiger partial charge on any atom is -0.436 e. The van der Waals surface area contributed by atoms with Gasteiger partial charge in [0.25, 0.3) is 5.91 Å². The topological polar surface area (TPSA) is 78.7 Å². The fraction of sp³-hybridized carbons (Fsp3) is 0.500. The van der Waals surface area contributed by atoms with Gasteiger partial charge < -0.3 is 19.5 Å². The molecule has 2 aliphatic rings. The van der Waals surface area contributed by atoms with Crippen molar-refractivity contribution in [3.63, 3.8) is 0 Å². The Labute approximate surface area is 219 Å². The molecule has 2 amide bonds. The second kappa shape index (κ2) is 11.5. The Morgan fingerprint density at radius 1 is 1.03 bits per heavy atom. The summed E-state index contributed by atoms with van der Waals surface area (Å²) in [5.41, 5.74) is 4.08. The third-order valence-electron chi connectivity index (χ3n) is 8.06. The molecule has 2 saturated heterocycles. The molecule has 5 rings (SSSR count). The highest BCUT2D eigenvalue weighted by Crippen LogP contribution is 2.28. The van der Waals surface area contributed by atoms with Gasteiger partial charge in [-0.15, -0.1) is 0 Å². The van der Waals surface area contributed by atoms with Crippen molar-refractivity contribution in [2.24, 2.45) is 11.8 Å². The van der Waals surface area contributed by atoms with E-state index in [9.17, 15) is 9.59 Å². The Kier molecular flexibility index (Phi) is 7.89. The predicted molar refractivity (Wildman–Crippen MR) is 145 cm³/mol. The monoisotopic (exact) mass is 502 g/mol. The Morgan fingerprint density at radius 2 is 1.76 bits per heavy atom. The number of aromatic nitrogens is 1. The summed E-state index contributed by atoms with van der Waals surface area (Å²) in [4.78, 5) is 35.0. The average Bonchev–Trinajstić information content (AvgIpc) is 3.37. The van der Waals surface area contributed by atoms with E-state index in [1.54, 1.807) is 0 Å². The summed E-state index contributed by atoms with van der Waals surface area (Å²) in [7, 11) is 0. The lowest BCUT2D eigenvalue weighted by molar-refractivity contribution is -0.126. The van der Waals surface area contributed by atoms with Crippen molar-refractivity contribution in [3.05, 3.63) is 53.6 Å². The highest BCUT2D eigenvalue weighted by Gasteiger charge is 2.30. The van der Waals surface area contributed by atoms with E-state index in [-0.39, 0.29) is 17.7 Å². The van der Waals surface area contributed by atoms with Crippen molar-refractivity contribution >= 4 is 22.9 Å². The van der Waals surface area contributed by atoms with Gasteiger partial charge in [-0.25, -0.2) is 4.98 Å². The Hall–Kier alpha value is -3.19. The van der Waals surface area contributed by atoms with Gasteiger partial charge in [0.05, 0.1) is 0 Å². The molecule has 3 heterocycles. The number of fused-ring (bicyclic) bond motifs is 1. The van der Waals surface area contributed by atoms with Crippen molar-refractivity contribution in [2.45, 2.75) is 46.0 Å². The molecule has 2 fully saturated rings. The predicted octanol–water partition coefficient (Wildman–Crippen LogP) is 4.89. The van der Waals surface area contributed by atoms with Crippen LogP contribution in [-0.2, 0) is 4.79 Å². The van der Waals surface area contributed by atoms with Crippen LogP contribution in [-0.4, -0.2) is 65.9 Å². The van der Waals surface area contributed by atoms with Gasteiger partial charge in [-0.2, -0.15) is 0 Å². The summed E-state index contributed by atoms with van der Waals surface area (Å²) >= 11 is 0. The van der Waals surface area contributed by atoms with E-state index in [0.717, 1.165) is 44.6 Å². The smallest absolute Gasteiger partial charge is 0.253 e. The minimum atomic E-state index is -0.0368. The molecule has 2 aromatic carbocycles. The van der Waals surface area contributed by atoms with Crippen LogP contribution in [0.5, 0.6) is 0 Å². The second-order valence-electron chi connectivity index (χ2n) is 10.7. The fourth-order valence-corrected chi connectivity index (χ4v) is 5.56. The van der Waals surface area contributed by atoms with Gasteiger partial charge in [0.2, 0.25) is 11.8 Å². The molecule has 1 atom stereocenters. The Balaban J connectivity index is 1.13. The van der Waals surface area contributed by atoms with Crippen LogP contribution in [0.15, 0.2) is 46.9 Å². The van der Waals surface area contributed by atoms with Crippen molar-refractivity contribution in [1.29, 1.82) is 0 Å². The third kappa shape index (κ3) is 6.04. The first-order chi connectivity index (χ1) is 18.0. The summed E-state index contributed by atoms with van der Waals surface area (Å²) in [5, 5.41) is 3.14. The SMILES string of the molecule is Cc1ccc(-c2nc3cc(C(=O)N4CCC([C@H](C)C(=O)NCCN5CCCCC5)CC4)ccc3o2)cc1. The number of piperidine rings is 2. The maximum absolute atomic E-state index is 13.2. The summed E-state index contributed by atoms with van der Waals surface area (Å²) in [6.45, 7) is 9.36. The van der Waals surface area contributed by atoms with E-state index in [4.69, 9.17) is 4.42 Å². The second-order valence-corrected chi connectivity index (χ2v) is 10.7. The van der Waals surface area contributed by atoms with Gasteiger partial charge in [0.1, 0.15) is 5.52 Å². The average molecular weight is 503 g/mol. The molecule has 37 heavy (non-hydrogen) atoms. The third-order valence-corrected chi connectivity index (χ3v) is 8.06. The molecule has 2 aliphatic heterocycles. The summed E-state index contributed by atoms with van der Waals surface area (Å²) in [6.07, 6.45) is 5.54. The van der Waals surface area contributed by atoms with Gasteiger partial charge in [-0.1, -0.05) is 31.0 Å². The quantitative estimate of drug-likeness (QED) is 0.498. The molecule has 3 aromatic rings. The normalized spacial score (nSPS) is 18.2. The zero-order valence-corrected chi connectivity index (χ0v) is 22.0. The first-order valence-corrected chi connectivity index (χ1v) is 13.7. The van der Waals surface area contributed by atoms with Crippen LogP contribution in [0, 0.1) is 18.8 Å². The van der Waals surface area contributed by atoms with Gasteiger partial charge in [0.15, 0.2) is 5.58 Å². The number of carbonyl (C=O) groups excluding carboxylic acids is 2. The fourth-order valence-electron chi connectivity index (χ4n) is 5.56. The molecule has 0 spiro atoms. The molecule has 0 saturated carbocycles. The minimum absolute atomic E-state index is 0.0128. The number of nitrogens with zero attached hydrogens (tertiary/aromatic N) is 3. The van der Waals surface area contributed by atoms with Gasteiger partial charge in [-0.3, -0.25) is 9.59 Å². The van der Waals surface area contributed by atoms with Crippen molar-refractivity contribution in [2.75, 3.05) is 39.3 Å². The molecular formula is C30H38N4O3. The van der Waals surface area contributed by atoms with E-state index < -0.39 is 0 Å². The molecule has 7 nitrogen and oxygen atoms in total. The first kappa shape index (κ1) is 25.5. The summed E-state index contributed by atoms with van der Waals surface area (Å²) in [6, 6.07) is 13.5. The molecular weight excluding hydrogens is 464 g/mol. The van der Waals surface area contributed by atoms with Crippen LogP contribution in [0.4, 0.5) is 0 Å². The number of oxazole rings is 1. The Bertz CT molecular complexity index is 1220. The lowest BCUT2D eigenvalue weighted by Crippen LogP contribution is -2.44. The number of rotatable bonds is 7. The molecule has 1 N–H and O–H groups in total. The van der Waals surface area contributed by atoms with Crippen LogP contribution in [0.1, 0.15) is 54.9 Å². The zero-order chi connectivity index (χ0) is 25.8. The molecule has 1 aromatic heterocycles. The van der Waals surface area contributed by atoms with Crippen LogP contribution >= 0.6 is 0 Å². The number of aryl methyl sites for hydroxylation is 1. The van der Waals surface area contributed by atoms with Crippen LogP contribution in [0.3, 0.4) is 0 Å². The highest BCUT2D eigenvalue weighted by atomic mass is 16.3. The van der Waals surface area contributed by atoms with E-state index in [1.165, 1.54) is 24.8 Å². The van der Waals surface area contributed by atoms with E-state index >= 15 is 0 Å². The Morgan fingerprint density at radius 3 is 2.49 bits per heavy atom. The lowest BCUT2D eigenvalue weighted by Gasteiger charge is -2.34. The maximum Gasteiger partial charge on any atom is 0.253 e. The number of hydrogen-bond donors (Lipinski definition) is 1. The number of hydrogen-bond acceptors (Lipinski definition) is 5. The van der Waals surface area contributed by atoms with Gasteiger partial charge in [-0.05, 0) is 81.9 Å². The van der Waals surface area contributed by atoms with Crippen LogP contribution < -0.4 is 5.32 Å². The number of nitrogens with one attached hydrogen (secondary N) is 1. The van der Waals surface area contributed by atoms with Crippen molar-refractivity contribution < 1.29 is 14.0 Å². The first-order valence-electron chi connectivity index (χ1n) is 13.7. The van der Waals surface area contributed by atoms with Gasteiger partial charge in [0, 0.05) is 43.2 Å². The number of benzene rings is 2. The molecule has 0 radical (unpaired) electrons. The number of likely N-dealkylation sites (tertiary alicyclic amines) is 2. The molecule has 0 bridgehead atoms. The summed E-state index contributed by atoms with van der Waals surface area (Å²) < 4.78 is 5.92. The van der Waals surface area contributed by atoms with Crippen molar-refractivity contribution in [3.8, 4) is 11.5 Å². The van der Waals surface area contributed by atoms with Crippen molar-refractivity contribution in [1.82, 2.24) is 20.1 Å².